The molecule has 5 nitrogen and oxygen atoms in total. The topological polar surface area (TPSA) is 77.2 Å². The molecule has 3 N–H and O–H groups in total. The summed E-state index contributed by atoms with van der Waals surface area (Å²) < 4.78 is 5.87. The monoisotopic (exact) mass is 379 g/mol. The average molecular weight is 380 g/mol. The van der Waals surface area contributed by atoms with Gasteiger partial charge < -0.3 is 15.8 Å². The number of rotatable bonds is 6. The Kier molecular flexibility index (Phi) is 5.62. The summed E-state index contributed by atoms with van der Waals surface area (Å²) in [5, 5.41) is 3.89. The number of aromatic nitrogens is 1. The Bertz CT molecular complexity index is 828. The fraction of sp³-hybridized carbons (Fsp3) is 0.478. The minimum atomic E-state index is -0.488. The average Bonchev–Trinajstić information content (AvgIpc) is 3.11. The summed E-state index contributed by atoms with van der Waals surface area (Å²) in [6, 6.07) is 10.6. The molecule has 1 fully saturated rings. The largest absolute Gasteiger partial charge is 0.439 e. The highest BCUT2D eigenvalue weighted by atomic mass is 16.5. The summed E-state index contributed by atoms with van der Waals surface area (Å²) in [6.45, 7) is 2.35. The molecule has 28 heavy (non-hydrogen) atoms. The molecule has 1 saturated carbocycles. The van der Waals surface area contributed by atoms with Crippen molar-refractivity contribution in [3.8, 4) is 11.6 Å². The molecule has 1 amide bonds. The van der Waals surface area contributed by atoms with Crippen molar-refractivity contribution in [2.45, 2.75) is 64.0 Å². The summed E-state index contributed by atoms with van der Waals surface area (Å²) in [5.41, 5.74) is 8.37. The zero-order chi connectivity index (χ0) is 19.5. The molecule has 148 valence electrons. The second-order valence-corrected chi connectivity index (χ2v) is 8.16. The van der Waals surface area contributed by atoms with E-state index in [0.717, 1.165) is 24.5 Å². The van der Waals surface area contributed by atoms with E-state index >= 15 is 0 Å². The molecule has 1 aromatic heterocycles. The molecule has 0 bridgehead atoms. The fourth-order valence-electron chi connectivity index (χ4n) is 4.63. The van der Waals surface area contributed by atoms with Crippen LogP contribution in [-0.2, 0) is 6.42 Å². The van der Waals surface area contributed by atoms with Crippen LogP contribution < -0.4 is 15.8 Å². The highest BCUT2D eigenvalue weighted by Gasteiger charge is 2.27. The molecular formula is C23H29N3O2. The number of pyridine rings is 1. The highest BCUT2D eigenvalue weighted by Crippen LogP contribution is 2.36. The third kappa shape index (κ3) is 4.20. The first kappa shape index (κ1) is 18.9. The van der Waals surface area contributed by atoms with Crippen molar-refractivity contribution in [1.82, 2.24) is 10.3 Å². The van der Waals surface area contributed by atoms with Gasteiger partial charge in [0.05, 0.1) is 5.56 Å². The van der Waals surface area contributed by atoms with E-state index in [2.05, 4.69) is 29.4 Å². The van der Waals surface area contributed by atoms with Crippen LogP contribution in [0.2, 0.25) is 0 Å². The maximum atomic E-state index is 11.1. The van der Waals surface area contributed by atoms with Crippen molar-refractivity contribution >= 4 is 5.91 Å². The molecular weight excluding hydrogens is 350 g/mol. The van der Waals surface area contributed by atoms with Gasteiger partial charge in [-0.15, -0.1) is 0 Å². The minimum Gasteiger partial charge on any atom is -0.439 e. The van der Waals surface area contributed by atoms with Crippen LogP contribution in [0.25, 0.3) is 0 Å². The SMILES string of the molecule is CC(NC1CCc2cc(Oc3ccc(C(N)=O)cn3)ccc21)C1CCCCC1. The van der Waals surface area contributed by atoms with Crippen LogP contribution in [0.15, 0.2) is 36.5 Å². The summed E-state index contributed by atoms with van der Waals surface area (Å²) in [5.74, 6) is 1.56. The first-order valence-electron chi connectivity index (χ1n) is 10.4. The van der Waals surface area contributed by atoms with E-state index in [0.29, 0.717) is 23.5 Å². The molecule has 0 spiro atoms. The Morgan fingerprint density at radius 1 is 1.18 bits per heavy atom. The number of nitrogens with one attached hydrogen (secondary N) is 1. The fourth-order valence-corrected chi connectivity index (χ4v) is 4.63. The predicted octanol–water partition coefficient (Wildman–Crippen LogP) is 4.52. The van der Waals surface area contributed by atoms with Gasteiger partial charge in [-0.3, -0.25) is 4.79 Å². The van der Waals surface area contributed by atoms with Crippen LogP contribution in [0.3, 0.4) is 0 Å². The number of nitrogens with two attached hydrogens (primary N) is 1. The van der Waals surface area contributed by atoms with Crippen LogP contribution in [-0.4, -0.2) is 16.9 Å². The quantitative estimate of drug-likeness (QED) is 0.774. The molecule has 2 aromatic rings. The van der Waals surface area contributed by atoms with Crippen molar-refractivity contribution in [2.24, 2.45) is 11.7 Å². The normalized spacial score (nSPS) is 20.5. The van der Waals surface area contributed by atoms with Crippen LogP contribution in [0, 0.1) is 5.92 Å². The van der Waals surface area contributed by atoms with E-state index in [9.17, 15) is 4.79 Å². The number of hydrogen-bond donors (Lipinski definition) is 2. The molecule has 2 aliphatic rings. The maximum Gasteiger partial charge on any atom is 0.250 e. The van der Waals surface area contributed by atoms with E-state index in [1.807, 2.05) is 6.07 Å². The van der Waals surface area contributed by atoms with Gasteiger partial charge in [-0.1, -0.05) is 25.3 Å². The molecule has 2 aliphatic carbocycles. The number of ether oxygens (including phenoxy) is 1. The molecule has 0 aliphatic heterocycles. The Balaban J connectivity index is 1.40. The number of hydrogen-bond acceptors (Lipinski definition) is 4. The number of carbonyl (C=O) groups is 1. The number of nitrogens with zero attached hydrogens (tertiary/aromatic N) is 1. The minimum absolute atomic E-state index is 0.377. The van der Waals surface area contributed by atoms with Crippen molar-refractivity contribution in [3.05, 3.63) is 53.2 Å². The zero-order valence-electron chi connectivity index (χ0n) is 16.5. The van der Waals surface area contributed by atoms with Gasteiger partial charge in [-0.2, -0.15) is 0 Å². The van der Waals surface area contributed by atoms with Gasteiger partial charge in [-0.25, -0.2) is 4.98 Å². The van der Waals surface area contributed by atoms with Crippen molar-refractivity contribution in [2.75, 3.05) is 0 Å². The Hall–Kier alpha value is -2.40. The predicted molar refractivity (Wildman–Crippen MR) is 110 cm³/mol. The first-order chi connectivity index (χ1) is 13.6. The maximum absolute atomic E-state index is 11.1. The lowest BCUT2D eigenvalue weighted by Crippen LogP contribution is -2.36. The molecule has 2 atom stereocenters. The van der Waals surface area contributed by atoms with Gasteiger partial charge in [-0.05, 0) is 67.9 Å². The molecule has 0 saturated heterocycles. The number of aryl methyl sites for hydroxylation is 1. The van der Waals surface area contributed by atoms with Crippen molar-refractivity contribution < 1.29 is 9.53 Å². The third-order valence-corrected chi connectivity index (χ3v) is 6.26. The second kappa shape index (κ2) is 8.31. The molecule has 1 heterocycles. The van der Waals surface area contributed by atoms with E-state index < -0.39 is 5.91 Å². The lowest BCUT2D eigenvalue weighted by atomic mass is 9.84. The van der Waals surface area contributed by atoms with Crippen LogP contribution in [0.5, 0.6) is 11.6 Å². The van der Waals surface area contributed by atoms with Crippen molar-refractivity contribution in [3.63, 3.8) is 0 Å². The highest BCUT2D eigenvalue weighted by molar-refractivity contribution is 5.92. The number of carbonyl (C=O) groups excluding carboxylic acids is 1. The van der Waals surface area contributed by atoms with Crippen LogP contribution in [0.1, 0.15) is 73.0 Å². The number of fused-ring (bicyclic) bond motifs is 1. The van der Waals surface area contributed by atoms with E-state index in [4.69, 9.17) is 10.5 Å². The standard InChI is InChI=1S/C23H29N3O2/c1-15(16-5-3-2-4-6-16)26-21-11-7-17-13-19(9-10-20(17)21)28-22-12-8-18(14-25-22)23(24)27/h8-10,12-16,21,26H,2-7,11H2,1H3,(H2,24,27). The molecule has 4 rings (SSSR count). The van der Waals surface area contributed by atoms with Gasteiger partial charge in [0, 0.05) is 24.3 Å². The number of benzene rings is 1. The van der Waals surface area contributed by atoms with Crippen molar-refractivity contribution in [1.29, 1.82) is 0 Å². The summed E-state index contributed by atoms with van der Waals surface area (Å²) in [7, 11) is 0. The van der Waals surface area contributed by atoms with E-state index in [1.54, 1.807) is 12.1 Å². The summed E-state index contributed by atoms with van der Waals surface area (Å²) in [4.78, 5) is 15.3. The number of amides is 1. The Morgan fingerprint density at radius 3 is 2.71 bits per heavy atom. The lowest BCUT2D eigenvalue weighted by Gasteiger charge is -2.31. The lowest BCUT2D eigenvalue weighted by molar-refractivity contribution is 0.1000. The molecule has 5 heteroatoms. The summed E-state index contributed by atoms with van der Waals surface area (Å²) in [6.07, 6.45) is 10.5. The Labute approximate surface area is 166 Å². The van der Waals surface area contributed by atoms with Gasteiger partial charge in [0.1, 0.15) is 5.75 Å². The summed E-state index contributed by atoms with van der Waals surface area (Å²) >= 11 is 0. The van der Waals surface area contributed by atoms with E-state index in [1.165, 1.54) is 49.4 Å². The van der Waals surface area contributed by atoms with E-state index in [-0.39, 0.29) is 0 Å². The molecule has 1 aromatic carbocycles. The molecule has 0 radical (unpaired) electrons. The van der Waals surface area contributed by atoms with Gasteiger partial charge in [0.25, 0.3) is 0 Å². The molecule has 2 unspecified atom stereocenters. The smallest absolute Gasteiger partial charge is 0.250 e. The van der Waals surface area contributed by atoms with Gasteiger partial charge in [0.15, 0.2) is 0 Å². The third-order valence-electron chi connectivity index (χ3n) is 6.26. The number of primary amides is 1. The van der Waals surface area contributed by atoms with Gasteiger partial charge in [0.2, 0.25) is 11.8 Å². The zero-order valence-corrected chi connectivity index (χ0v) is 16.5. The second-order valence-electron chi connectivity index (χ2n) is 8.16. The Morgan fingerprint density at radius 2 is 2.00 bits per heavy atom. The van der Waals surface area contributed by atoms with Crippen LogP contribution >= 0.6 is 0 Å². The first-order valence-corrected chi connectivity index (χ1v) is 10.4. The van der Waals surface area contributed by atoms with Gasteiger partial charge >= 0.3 is 0 Å². The van der Waals surface area contributed by atoms with Crippen LogP contribution in [0.4, 0.5) is 0 Å².